The van der Waals surface area contributed by atoms with Gasteiger partial charge in [-0.2, -0.15) is 5.10 Å². The second-order valence-electron chi connectivity index (χ2n) is 5.70. The zero-order valence-corrected chi connectivity index (χ0v) is 13.0. The summed E-state index contributed by atoms with van der Waals surface area (Å²) in [5.41, 5.74) is 12.4. The number of aromatic nitrogens is 3. The Bertz CT molecular complexity index is 961. The molecule has 2 aromatic carbocycles. The molecule has 4 nitrogen and oxygen atoms in total. The molecule has 3 N–H and O–H groups in total. The Balaban J connectivity index is 1.71. The number of anilines is 1. The molecule has 0 fully saturated rings. The minimum Gasteiger partial charge on any atom is -0.397 e. The van der Waals surface area contributed by atoms with E-state index in [1.807, 2.05) is 23.3 Å². The van der Waals surface area contributed by atoms with Crippen LogP contribution >= 0.6 is 0 Å². The molecule has 2 heterocycles. The van der Waals surface area contributed by atoms with Crippen LogP contribution in [0, 0.1) is 0 Å². The minimum absolute atomic E-state index is 0.768. The van der Waals surface area contributed by atoms with E-state index < -0.39 is 0 Å². The Morgan fingerprint density at radius 3 is 2.70 bits per heavy atom. The van der Waals surface area contributed by atoms with E-state index in [0.29, 0.717) is 0 Å². The van der Waals surface area contributed by atoms with Gasteiger partial charge >= 0.3 is 0 Å². The Hall–Kier alpha value is -3.01. The molecule has 0 saturated heterocycles. The maximum Gasteiger partial charge on any atom is 0.0645 e. The normalized spacial score (nSPS) is 11.2. The van der Waals surface area contributed by atoms with Gasteiger partial charge in [0.25, 0.3) is 0 Å². The first-order chi connectivity index (χ1) is 11.2. The van der Waals surface area contributed by atoms with Crippen LogP contribution in [0.15, 0.2) is 61.1 Å². The van der Waals surface area contributed by atoms with E-state index >= 15 is 0 Å². The monoisotopic (exact) mass is 302 g/mol. The number of nitrogens with one attached hydrogen (secondary N) is 1. The lowest BCUT2D eigenvalue weighted by atomic mass is 10.1. The number of benzene rings is 2. The highest BCUT2D eigenvalue weighted by atomic mass is 15.3. The number of aryl methyl sites for hydroxylation is 1. The first kappa shape index (κ1) is 13.6. The van der Waals surface area contributed by atoms with Crippen molar-refractivity contribution in [2.45, 2.75) is 13.3 Å². The van der Waals surface area contributed by atoms with Crippen molar-refractivity contribution < 1.29 is 0 Å². The number of hydrogen-bond donors (Lipinski definition) is 2. The molecular weight excluding hydrogens is 284 g/mol. The first-order valence-electron chi connectivity index (χ1n) is 7.75. The van der Waals surface area contributed by atoms with Crippen molar-refractivity contribution in [3.05, 3.63) is 66.6 Å². The largest absolute Gasteiger partial charge is 0.397 e. The molecule has 114 valence electrons. The van der Waals surface area contributed by atoms with Crippen molar-refractivity contribution in [2.75, 3.05) is 5.73 Å². The zero-order chi connectivity index (χ0) is 15.8. The SMILES string of the molecule is CCc1ccc(-n2cc(-c3ccc4[nH]cc(N)c4c3)cn2)cc1. The van der Waals surface area contributed by atoms with E-state index in [4.69, 9.17) is 5.73 Å². The summed E-state index contributed by atoms with van der Waals surface area (Å²) in [7, 11) is 0. The Morgan fingerprint density at radius 1 is 1.09 bits per heavy atom. The number of nitrogens with zero attached hydrogens (tertiary/aromatic N) is 2. The van der Waals surface area contributed by atoms with Gasteiger partial charge in [-0.15, -0.1) is 0 Å². The summed E-state index contributed by atoms with van der Waals surface area (Å²) < 4.78 is 1.90. The van der Waals surface area contributed by atoms with Gasteiger partial charge in [0, 0.05) is 28.9 Å². The minimum atomic E-state index is 0.768. The van der Waals surface area contributed by atoms with Gasteiger partial charge < -0.3 is 10.7 Å². The van der Waals surface area contributed by atoms with Gasteiger partial charge in [-0.05, 0) is 41.8 Å². The van der Waals surface area contributed by atoms with Gasteiger partial charge in [0.2, 0.25) is 0 Å². The maximum absolute atomic E-state index is 5.99. The summed E-state index contributed by atoms with van der Waals surface area (Å²) >= 11 is 0. The molecule has 23 heavy (non-hydrogen) atoms. The first-order valence-corrected chi connectivity index (χ1v) is 7.75. The predicted molar refractivity (Wildman–Crippen MR) is 94.6 cm³/mol. The van der Waals surface area contributed by atoms with Crippen molar-refractivity contribution >= 4 is 16.6 Å². The van der Waals surface area contributed by atoms with Crippen LogP contribution in [0.3, 0.4) is 0 Å². The van der Waals surface area contributed by atoms with Crippen molar-refractivity contribution in [1.29, 1.82) is 0 Å². The summed E-state index contributed by atoms with van der Waals surface area (Å²) in [4.78, 5) is 3.16. The molecule has 0 saturated carbocycles. The standard InChI is InChI=1S/C19H18N4/c1-2-13-3-6-16(7-4-13)23-12-15(10-22-23)14-5-8-19-17(9-14)18(20)11-21-19/h3-12,21H,2,20H2,1H3. The van der Waals surface area contributed by atoms with Crippen LogP contribution in [0.5, 0.6) is 0 Å². The second kappa shape index (κ2) is 5.32. The molecular formula is C19H18N4. The van der Waals surface area contributed by atoms with Gasteiger partial charge in [0.05, 0.1) is 17.6 Å². The van der Waals surface area contributed by atoms with E-state index in [1.165, 1.54) is 5.56 Å². The third-order valence-electron chi connectivity index (χ3n) is 4.24. The molecule has 4 heteroatoms. The van der Waals surface area contributed by atoms with E-state index in [-0.39, 0.29) is 0 Å². The number of rotatable bonds is 3. The quantitative estimate of drug-likeness (QED) is 0.597. The van der Waals surface area contributed by atoms with Crippen molar-refractivity contribution in [3.8, 4) is 16.8 Å². The number of nitrogens with two attached hydrogens (primary N) is 1. The van der Waals surface area contributed by atoms with E-state index in [1.54, 1.807) is 0 Å². The lowest BCUT2D eigenvalue weighted by molar-refractivity contribution is 0.879. The Kier molecular flexibility index (Phi) is 3.15. The predicted octanol–water partition coefficient (Wildman–Crippen LogP) is 4.17. The van der Waals surface area contributed by atoms with Crippen LogP contribution in [0.1, 0.15) is 12.5 Å². The molecule has 0 unspecified atom stereocenters. The van der Waals surface area contributed by atoms with E-state index in [2.05, 4.69) is 59.5 Å². The lowest BCUT2D eigenvalue weighted by Crippen LogP contribution is -1.93. The van der Waals surface area contributed by atoms with Crippen molar-refractivity contribution in [3.63, 3.8) is 0 Å². The molecule has 0 aliphatic heterocycles. The smallest absolute Gasteiger partial charge is 0.0645 e. The van der Waals surface area contributed by atoms with Gasteiger partial charge in [-0.25, -0.2) is 4.68 Å². The summed E-state index contributed by atoms with van der Waals surface area (Å²) in [6, 6.07) is 14.7. The van der Waals surface area contributed by atoms with Crippen LogP contribution in [0.2, 0.25) is 0 Å². The molecule has 0 aliphatic carbocycles. The fraction of sp³-hybridized carbons (Fsp3) is 0.105. The fourth-order valence-corrected chi connectivity index (χ4v) is 2.82. The average Bonchev–Trinajstić information content (AvgIpc) is 3.22. The fourth-order valence-electron chi connectivity index (χ4n) is 2.82. The Labute approximate surface area is 134 Å². The highest BCUT2D eigenvalue weighted by Gasteiger charge is 2.07. The number of hydrogen-bond acceptors (Lipinski definition) is 2. The van der Waals surface area contributed by atoms with Gasteiger partial charge in [-0.3, -0.25) is 0 Å². The van der Waals surface area contributed by atoms with Gasteiger partial charge in [0.1, 0.15) is 0 Å². The van der Waals surface area contributed by atoms with Gasteiger partial charge in [0.15, 0.2) is 0 Å². The summed E-state index contributed by atoms with van der Waals surface area (Å²) in [5, 5.41) is 5.53. The van der Waals surface area contributed by atoms with Crippen LogP contribution in [0.4, 0.5) is 5.69 Å². The second-order valence-corrected chi connectivity index (χ2v) is 5.70. The average molecular weight is 302 g/mol. The topological polar surface area (TPSA) is 59.6 Å². The third kappa shape index (κ3) is 2.38. The van der Waals surface area contributed by atoms with Crippen LogP contribution in [-0.4, -0.2) is 14.8 Å². The maximum atomic E-state index is 5.99. The van der Waals surface area contributed by atoms with E-state index in [0.717, 1.165) is 39.8 Å². The zero-order valence-electron chi connectivity index (χ0n) is 13.0. The summed E-state index contributed by atoms with van der Waals surface area (Å²) in [6.07, 6.45) is 6.80. The Morgan fingerprint density at radius 2 is 1.91 bits per heavy atom. The van der Waals surface area contributed by atoms with Gasteiger partial charge in [-0.1, -0.05) is 25.1 Å². The highest BCUT2D eigenvalue weighted by molar-refractivity contribution is 5.94. The molecule has 0 atom stereocenters. The number of H-pyrrole nitrogens is 1. The molecule has 0 amide bonds. The molecule has 2 aromatic heterocycles. The molecule has 4 aromatic rings. The highest BCUT2D eigenvalue weighted by Crippen LogP contribution is 2.27. The lowest BCUT2D eigenvalue weighted by Gasteiger charge is -2.02. The molecule has 0 aliphatic rings. The number of nitrogen functional groups attached to an aromatic ring is 1. The number of aromatic amines is 1. The van der Waals surface area contributed by atoms with Crippen LogP contribution in [-0.2, 0) is 6.42 Å². The molecule has 0 radical (unpaired) electrons. The molecule has 0 bridgehead atoms. The van der Waals surface area contributed by atoms with E-state index in [9.17, 15) is 0 Å². The third-order valence-corrected chi connectivity index (χ3v) is 4.24. The summed E-state index contributed by atoms with van der Waals surface area (Å²) in [5.74, 6) is 0. The van der Waals surface area contributed by atoms with Crippen LogP contribution in [0.25, 0.3) is 27.7 Å². The summed E-state index contributed by atoms with van der Waals surface area (Å²) in [6.45, 7) is 2.16. The molecule has 0 spiro atoms. The van der Waals surface area contributed by atoms with Crippen molar-refractivity contribution in [1.82, 2.24) is 14.8 Å². The number of fused-ring (bicyclic) bond motifs is 1. The van der Waals surface area contributed by atoms with Crippen LogP contribution < -0.4 is 5.73 Å². The molecule has 4 rings (SSSR count). The van der Waals surface area contributed by atoms with Crippen molar-refractivity contribution in [2.24, 2.45) is 0 Å².